The normalized spacial score (nSPS) is 25.3. The van der Waals surface area contributed by atoms with Crippen molar-refractivity contribution in [3.63, 3.8) is 0 Å². The zero-order valence-electron chi connectivity index (χ0n) is 12.8. The van der Waals surface area contributed by atoms with Gasteiger partial charge in [0, 0.05) is 5.92 Å². The van der Waals surface area contributed by atoms with Crippen molar-refractivity contribution in [3.05, 3.63) is 0 Å². The van der Waals surface area contributed by atoms with E-state index in [1.807, 2.05) is 13.8 Å². The Bertz CT molecular complexity index is 257. The van der Waals surface area contributed by atoms with Gasteiger partial charge in [0.05, 0.1) is 12.6 Å². The molecule has 112 valence electrons. The molecule has 0 saturated heterocycles. The van der Waals surface area contributed by atoms with E-state index in [2.05, 4.69) is 12.2 Å². The Balaban J connectivity index is 2.32. The standard InChI is InChI=1S/C16H31NO2/c1-4-5-6-13-7-9-14(10-8-13)16(19)17-15(11-18)12(2)3/h12-15,18H,4-11H2,1-3H3,(H,17,19). The molecule has 1 aliphatic rings. The summed E-state index contributed by atoms with van der Waals surface area (Å²) >= 11 is 0. The van der Waals surface area contributed by atoms with Gasteiger partial charge in [0.25, 0.3) is 0 Å². The Morgan fingerprint density at radius 2 is 1.89 bits per heavy atom. The highest BCUT2D eigenvalue weighted by Crippen LogP contribution is 2.32. The maximum atomic E-state index is 12.2. The second-order valence-corrected chi connectivity index (χ2v) is 6.40. The second-order valence-electron chi connectivity index (χ2n) is 6.40. The lowest BCUT2D eigenvalue weighted by Gasteiger charge is -2.29. The number of rotatable bonds is 7. The maximum absolute atomic E-state index is 12.2. The average molecular weight is 269 g/mol. The molecule has 0 aromatic heterocycles. The number of aliphatic hydroxyl groups excluding tert-OH is 1. The minimum atomic E-state index is -0.0923. The van der Waals surface area contributed by atoms with Crippen molar-refractivity contribution in [1.82, 2.24) is 5.32 Å². The molecule has 1 fully saturated rings. The van der Waals surface area contributed by atoms with Gasteiger partial charge in [-0.2, -0.15) is 0 Å². The molecule has 0 bridgehead atoms. The number of carbonyl (C=O) groups is 1. The first-order valence-electron chi connectivity index (χ1n) is 7.99. The summed E-state index contributed by atoms with van der Waals surface area (Å²) in [6.45, 7) is 6.33. The van der Waals surface area contributed by atoms with E-state index in [0.29, 0.717) is 0 Å². The Morgan fingerprint density at radius 1 is 1.26 bits per heavy atom. The Kier molecular flexibility index (Phi) is 7.44. The SMILES string of the molecule is CCCCC1CCC(C(=O)NC(CO)C(C)C)CC1. The molecule has 0 aromatic rings. The molecule has 3 heteroatoms. The lowest BCUT2D eigenvalue weighted by molar-refractivity contribution is -0.127. The largest absolute Gasteiger partial charge is 0.394 e. The van der Waals surface area contributed by atoms with Crippen molar-refractivity contribution >= 4 is 5.91 Å². The molecule has 1 unspecified atom stereocenters. The summed E-state index contributed by atoms with van der Waals surface area (Å²) in [7, 11) is 0. The molecule has 0 heterocycles. The van der Waals surface area contributed by atoms with Gasteiger partial charge in [-0.25, -0.2) is 0 Å². The van der Waals surface area contributed by atoms with Crippen molar-refractivity contribution in [2.45, 2.75) is 71.8 Å². The minimum Gasteiger partial charge on any atom is -0.394 e. The molecule has 0 radical (unpaired) electrons. The van der Waals surface area contributed by atoms with Crippen molar-refractivity contribution < 1.29 is 9.90 Å². The van der Waals surface area contributed by atoms with Gasteiger partial charge < -0.3 is 10.4 Å². The number of hydrogen-bond acceptors (Lipinski definition) is 2. The third-order valence-electron chi connectivity index (χ3n) is 4.51. The topological polar surface area (TPSA) is 49.3 Å². The fraction of sp³-hybridized carbons (Fsp3) is 0.938. The van der Waals surface area contributed by atoms with Gasteiger partial charge in [0.1, 0.15) is 0 Å². The van der Waals surface area contributed by atoms with E-state index in [9.17, 15) is 9.90 Å². The number of unbranched alkanes of at least 4 members (excludes halogenated alkanes) is 1. The Hall–Kier alpha value is -0.570. The van der Waals surface area contributed by atoms with Gasteiger partial charge in [-0.15, -0.1) is 0 Å². The van der Waals surface area contributed by atoms with Crippen LogP contribution in [0.4, 0.5) is 0 Å². The van der Waals surface area contributed by atoms with E-state index in [-0.39, 0.29) is 30.4 Å². The van der Waals surface area contributed by atoms with E-state index in [0.717, 1.165) is 18.8 Å². The molecule has 0 spiro atoms. The molecule has 1 saturated carbocycles. The zero-order chi connectivity index (χ0) is 14.3. The van der Waals surface area contributed by atoms with Crippen LogP contribution in [0, 0.1) is 17.8 Å². The monoisotopic (exact) mass is 269 g/mol. The highest BCUT2D eigenvalue weighted by molar-refractivity contribution is 5.79. The third kappa shape index (κ3) is 5.52. The quantitative estimate of drug-likeness (QED) is 0.746. The van der Waals surface area contributed by atoms with Crippen LogP contribution in [0.1, 0.15) is 65.7 Å². The molecule has 19 heavy (non-hydrogen) atoms. The fourth-order valence-electron chi connectivity index (χ4n) is 2.93. The first-order valence-corrected chi connectivity index (χ1v) is 7.99. The van der Waals surface area contributed by atoms with Gasteiger partial charge in [-0.05, 0) is 37.5 Å². The summed E-state index contributed by atoms with van der Waals surface area (Å²) in [6.07, 6.45) is 8.37. The van der Waals surface area contributed by atoms with Gasteiger partial charge in [0.15, 0.2) is 0 Å². The minimum absolute atomic E-state index is 0.0370. The second kappa shape index (κ2) is 8.57. The summed E-state index contributed by atoms with van der Waals surface area (Å²) in [5, 5.41) is 12.3. The highest BCUT2D eigenvalue weighted by atomic mass is 16.3. The molecular formula is C16H31NO2. The molecule has 0 aromatic carbocycles. The fourth-order valence-corrected chi connectivity index (χ4v) is 2.93. The molecule has 2 N–H and O–H groups in total. The number of nitrogens with one attached hydrogen (secondary N) is 1. The van der Waals surface area contributed by atoms with Gasteiger partial charge in [-0.3, -0.25) is 4.79 Å². The first-order chi connectivity index (χ1) is 9.08. The lowest BCUT2D eigenvalue weighted by atomic mass is 9.79. The van der Waals surface area contributed by atoms with Gasteiger partial charge in [-0.1, -0.05) is 40.0 Å². The smallest absolute Gasteiger partial charge is 0.223 e. The number of amides is 1. The highest BCUT2D eigenvalue weighted by Gasteiger charge is 2.27. The van der Waals surface area contributed by atoms with E-state index < -0.39 is 0 Å². The Labute approximate surface area is 118 Å². The lowest BCUT2D eigenvalue weighted by Crippen LogP contribution is -2.44. The predicted molar refractivity (Wildman–Crippen MR) is 78.8 cm³/mol. The average Bonchev–Trinajstić information content (AvgIpc) is 2.42. The molecular weight excluding hydrogens is 238 g/mol. The number of aliphatic hydroxyl groups is 1. The van der Waals surface area contributed by atoms with Crippen molar-refractivity contribution in [1.29, 1.82) is 0 Å². The van der Waals surface area contributed by atoms with Crippen LogP contribution < -0.4 is 5.32 Å². The predicted octanol–water partition coefficient (Wildman–Crippen LogP) is 3.12. The van der Waals surface area contributed by atoms with Crippen LogP contribution >= 0.6 is 0 Å². The molecule has 1 atom stereocenters. The third-order valence-corrected chi connectivity index (χ3v) is 4.51. The van der Waals surface area contributed by atoms with Crippen LogP contribution in [0.2, 0.25) is 0 Å². The van der Waals surface area contributed by atoms with Crippen LogP contribution in [0.5, 0.6) is 0 Å². The zero-order valence-corrected chi connectivity index (χ0v) is 12.8. The first kappa shape index (κ1) is 16.5. The Morgan fingerprint density at radius 3 is 2.37 bits per heavy atom. The summed E-state index contributed by atoms with van der Waals surface area (Å²) in [6, 6.07) is -0.0923. The van der Waals surface area contributed by atoms with E-state index in [1.54, 1.807) is 0 Å². The van der Waals surface area contributed by atoms with Crippen molar-refractivity contribution in [2.24, 2.45) is 17.8 Å². The molecule has 3 nitrogen and oxygen atoms in total. The van der Waals surface area contributed by atoms with E-state index in [4.69, 9.17) is 0 Å². The number of hydrogen-bond donors (Lipinski definition) is 2. The van der Waals surface area contributed by atoms with E-state index >= 15 is 0 Å². The molecule has 1 rings (SSSR count). The molecule has 1 amide bonds. The van der Waals surface area contributed by atoms with Crippen LogP contribution in [0.3, 0.4) is 0 Å². The summed E-state index contributed by atoms with van der Waals surface area (Å²) in [4.78, 5) is 12.2. The van der Waals surface area contributed by atoms with Crippen LogP contribution in [0.15, 0.2) is 0 Å². The molecule has 0 aliphatic heterocycles. The number of carbonyl (C=O) groups excluding carboxylic acids is 1. The van der Waals surface area contributed by atoms with Gasteiger partial charge in [0.2, 0.25) is 5.91 Å². The summed E-state index contributed by atoms with van der Waals surface area (Å²) in [5.41, 5.74) is 0. The van der Waals surface area contributed by atoms with Crippen LogP contribution in [-0.2, 0) is 4.79 Å². The van der Waals surface area contributed by atoms with Crippen LogP contribution in [-0.4, -0.2) is 23.7 Å². The summed E-state index contributed by atoms with van der Waals surface area (Å²) in [5.74, 6) is 1.45. The van der Waals surface area contributed by atoms with Crippen LogP contribution in [0.25, 0.3) is 0 Å². The van der Waals surface area contributed by atoms with E-state index in [1.165, 1.54) is 32.1 Å². The maximum Gasteiger partial charge on any atom is 0.223 e. The van der Waals surface area contributed by atoms with Gasteiger partial charge >= 0.3 is 0 Å². The van der Waals surface area contributed by atoms with Crippen molar-refractivity contribution in [2.75, 3.05) is 6.61 Å². The summed E-state index contributed by atoms with van der Waals surface area (Å²) < 4.78 is 0. The van der Waals surface area contributed by atoms with Crippen molar-refractivity contribution in [3.8, 4) is 0 Å². The molecule has 1 aliphatic carbocycles.